The Labute approximate surface area is 225 Å². The van der Waals surface area contributed by atoms with Crippen LogP contribution in [-0.2, 0) is 11.3 Å². The molecule has 1 atom stereocenters. The van der Waals surface area contributed by atoms with E-state index >= 15 is 0 Å². The molecule has 4 aromatic rings. The Hall–Kier alpha value is -4.04. The summed E-state index contributed by atoms with van der Waals surface area (Å²) in [5, 5.41) is 7.94. The number of likely N-dealkylation sites (tertiary alicyclic amines) is 1. The summed E-state index contributed by atoms with van der Waals surface area (Å²) in [4.78, 5) is 30.6. The van der Waals surface area contributed by atoms with E-state index in [1.165, 1.54) is 12.1 Å². The molecule has 1 saturated heterocycles. The first-order valence-electron chi connectivity index (χ1n) is 12.4. The second-order valence-corrected chi connectivity index (χ2v) is 9.88. The summed E-state index contributed by atoms with van der Waals surface area (Å²) in [5.74, 6) is -0.315. The Morgan fingerprint density at radius 2 is 1.89 bits per heavy atom. The summed E-state index contributed by atoms with van der Waals surface area (Å²) in [5.41, 5.74) is 5.56. The van der Waals surface area contributed by atoms with E-state index in [1.807, 2.05) is 35.5 Å². The van der Waals surface area contributed by atoms with Crippen LogP contribution in [-0.4, -0.2) is 51.6 Å². The van der Waals surface area contributed by atoms with Gasteiger partial charge in [0.15, 0.2) is 0 Å². The van der Waals surface area contributed by atoms with Crippen molar-refractivity contribution in [3.05, 3.63) is 94.5 Å². The quantitative estimate of drug-likeness (QED) is 0.373. The maximum Gasteiger partial charge on any atom is 0.251 e. The Morgan fingerprint density at radius 1 is 1.11 bits per heavy atom. The average Bonchev–Trinajstić information content (AvgIpc) is 3.58. The number of aromatic nitrogens is 3. The van der Waals surface area contributed by atoms with E-state index in [1.54, 1.807) is 42.9 Å². The molecular weight excluding hydrogens is 505 g/mol. The maximum absolute atomic E-state index is 13.5. The van der Waals surface area contributed by atoms with E-state index < -0.39 is 0 Å². The lowest BCUT2D eigenvalue weighted by Crippen LogP contribution is -2.25. The molecule has 2 aromatic carbocycles. The molecule has 38 heavy (non-hydrogen) atoms. The third kappa shape index (κ3) is 5.45. The number of hydrogen-bond donors (Lipinski definition) is 1. The minimum atomic E-state index is -0.305. The fraction of sp³-hybridized carbons (Fsp3) is 0.241. The molecule has 0 radical (unpaired) electrons. The summed E-state index contributed by atoms with van der Waals surface area (Å²) >= 11 is 6.26. The third-order valence-corrected chi connectivity index (χ3v) is 7.07. The lowest BCUT2D eigenvalue weighted by atomic mass is 9.92. The van der Waals surface area contributed by atoms with Crippen molar-refractivity contribution in [1.29, 1.82) is 0 Å². The molecule has 0 saturated carbocycles. The van der Waals surface area contributed by atoms with Gasteiger partial charge in [-0.1, -0.05) is 11.6 Å². The van der Waals surface area contributed by atoms with E-state index in [4.69, 9.17) is 16.7 Å². The number of halogens is 2. The van der Waals surface area contributed by atoms with Crippen LogP contribution in [0.25, 0.3) is 22.5 Å². The number of carbonyl (C=O) groups is 2. The van der Waals surface area contributed by atoms with Crippen LogP contribution in [0.15, 0.2) is 67.0 Å². The van der Waals surface area contributed by atoms with Gasteiger partial charge in [-0.3, -0.25) is 19.3 Å². The van der Waals surface area contributed by atoms with E-state index in [0.717, 1.165) is 34.4 Å². The molecule has 5 rings (SSSR count). The van der Waals surface area contributed by atoms with E-state index in [2.05, 4.69) is 10.3 Å². The van der Waals surface area contributed by atoms with Crippen molar-refractivity contribution >= 4 is 23.4 Å². The zero-order valence-electron chi connectivity index (χ0n) is 21.1. The molecule has 0 spiro atoms. The van der Waals surface area contributed by atoms with Gasteiger partial charge in [-0.25, -0.2) is 4.39 Å². The number of amides is 2. The van der Waals surface area contributed by atoms with Crippen LogP contribution in [0.3, 0.4) is 0 Å². The van der Waals surface area contributed by atoms with Crippen molar-refractivity contribution in [1.82, 2.24) is 25.0 Å². The largest absolute Gasteiger partial charge is 0.355 e. The molecule has 194 valence electrons. The SMILES string of the molecule is CNC(=O)c1cc(Cl)cc(Cn2ccc(-c3cc(-c4ccc(F)cc4)ncc3C3CCN(C(C)=O)C3)n2)c1. The van der Waals surface area contributed by atoms with Crippen LogP contribution in [0.5, 0.6) is 0 Å². The van der Waals surface area contributed by atoms with E-state index in [0.29, 0.717) is 35.9 Å². The van der Waals surface area contributed by atoms with Gasteiger partial charge in [0.1, 0.15) is 5.82 Å². The predicted octanol–water partition coefficient (Wildman–Crippen LogP) is 5.15. The molecule has 1 N–H and O–H groups in total. The molecule has 1 fully saturated rings. The second-order valence-electron chi connectivity index (χ2n) is 9.44. The number of nitrogens with one attached hydrogen (secondary N) is 1. The molecule has 0 bridgehead atoms. The van der Waals surface area contributed by atoms with Gasteiger partial charge in [0.2, 0.25) is 5.91 Å². The number of rotatable bonds is 6. The van der Waals surface area contributed by atoms with Gasteiger partial charge < -0.3 is 10.2 Å². The van der Waals surface area contributed by atoms with Crippen molar-refractivity contribution in [3.8, 4) is 22.5 Å². The topological polar surface area (TPSA) is 80.1 Å². The van der Waals surface area contributed by atoms with Crippen LogP contribution in [0.1, 0.15) is 40.7 Å². The number of carbonyl (C=O) groups excluding carboxylic acids is 2. The van der Waals surface area contributed by atoms with Crippen molar-refractivity contribution in [2.45, 2.75) is 25.8 Å². The molecule has 9 heteroatoms. The Morgan fingerprint density at radius 3 is 2.61 bits per heavy atom. The normalized spacial score (nSPS) is 15.1. The van der Waals surface area contributed by atoms with Crippen LogP contribution < -0.4 is 5.32 Å². The highest BCUT2D eigenvalue weighted by Crippen LogP contribution is 2.36. The fourth-order valence-electron chi connectivity index (χ4n) is 4.89. The van der Waals surface area contributed by atoms with Crippen LogP contribution in [0, 0.1) is 5.82 Å². The first-order chi connectivity index (χ1) is 18.3. The number of benzene rings is 2. The summed E-state index contributed by atoms with van der Waals surface area (Å²) in [6, 6.07) is 15.4. The number of pyridine rings is 1. The Bertz CT molecular complexity index is 1500. The highest BCUT2D eigenvalue weighted by Gasteiger charge is 2.28. The minimum absolute atomic E-state index is 0.0619. The molecule has 2 aromatic heterocycles. The van der Waals surface area contributed by atoms with Crippen LogP contribution >= 0.6 is 11.6 Å². The Balaban J connectivity index is 1.50. The van der Waals surface area contributed by atoms with E-state index in [9.17, 15) is 14.0 Å². The average molecular weight is 532 g/mol. The van der Waals surface area contributed by atoms with Gasteiger partial charge in [0.25, 0.3) is 5.91 Å². The summed E-state index contributed by atoms with van der Waals surface area (Å²) in [7, 11) is 1.58. The van der Waals surface area contributed by atoms with Gasteiger partial charge >= 0.3 is 0 Å². The fourth-order valence-corrected chi connectivity index (χ4v) is 5.15. The van der Waals surface area contributed by atoms with Crippen molar-refractivity contribution in [2.24, 2.45) is 0 Å². The molecular formula is C29H27ClFN5O2. The van der Waals surface area contributed by atoms with Crippen LogP contribution in [0.2, 0.25) is 5.02 Å². The first-order valence-corrected chi connectivity index (χ1v) is 12.8. The minimum Gasteiger partial charge on any atom is -0.355 e. The highest BCUT2D eigenvalue weighted by atomic mass is 35.5. The molecule has 3 heterocycles. The van der Waals surface area contributed by atoms with Crippen molar-refractivity contribution in [2.75, 3.05) is 20.1 Å². The molecule has 2 amide bonds. The Kier molecular flexibility index (Phi) is 7.24. The molecule has 1 aliphatic rings. The van der Waals surface area contributed by atoms with Gasteiger partial charge in [-0.05, 0) is 72.1 Å². The van der Waals surface area contributed by atoms with Gasteiger partial charge in [0, 0.05) is 67.1 Å². The maximum atomic E-state index is 13.5. The zero-order chi connectivity index (χ0) is 26.8. The van der Waals surface area contributed by atoms with Crippen LogP contribution in [0.4, 0.5) is 4.39 Å². The highest BCUT2D eigenvalue weighted by molar-refractivity contribution is 6.31. The first kappa shape index (κ1) is 25.6. The standard InChI is InChI=1S/C29H27ClFN5O2/c1-18(37)35-9-7-21(17-35)26-15-33-28(20-3-5-24(31)6-4-20)14-25(26)27-8-10-36(34-27)16-19-11-22(29(38)32-2)13-23(30)12-19/h3-6,8,10-15,21H,7,9,16-17H2,1-2H3,(H,32,38). The number of hydrogen-bond acceptors (Lipinski definition) is 4. The van der Waals surface area contributed by atoms with Crippen molar-refractivity contribution < 1.29 is 14.0 Å². The smallest absolute Gasteiger partial charge is 0.251 e. The van der Waals surface area contributed by atoms with E-state index in [-0.39, 0.29) is 23.5 Å². The molecule has 1 unspecified atom stereocenters. The predicted molar refractivity (Wildman–Crippen MR) is 144 cm³/mol. The molecule has 0 aliphatic carbocycles. The third-order valence-electron chi connectivity index (χ3n) is 6.86. The monoisotopic (exact) mass is 531 g/mol. The van der Waals surface area contributed by atoms with Crippen molar-refractivity contribution in [3.63, 3.8) is 0 Å². The molecule has 7 nitrogen and oxygen atoms in total. The summed E-state index contributed by atoms with van der Waals surface area (Å²) in [6.45, 7) is 3.35. The molecule has 1 aliphatic heterocycles. The zero-order valence-corrected chi connectivity index (χ0v) is 21.9. The summed E-state index contributed by atoms with van der Waals surface area (Å²) < 4.78 is 15.3. The van der Waals surface area contributed by atoms with Gasteiger partial charge in [0.05, 0.1) is 17.9 Å². The lowest BCUT2D eigenvalue weighted by Gasteiger charge is -2.17. The second kappa shape index (κ2) is 10.8. The summed E-state index contributed by atoms with van der Waals surface area (Å²) in [6.07, 6.45) is 4.58. The number of nitrogens with zero attached hydrogens (tertiary/aromatic N) is 4. The van der Waals surface area contributed by atoms with Gasteiger partial charge in [-0.2, -0.15) is 5.10 Å². The lowest BCUT2D eigenvalue weighted by molar-refractivity contribution is -0.127. The van der Waals surface area contributed by atoms with Gasteiger partial charge in [-0.15, -0.1) is 0 Å².